The number of amides is 1. The van der Waals surface area contributed by atoms with Crippen molar-refractivity contribution < 1.29 is 19.1 Å². The maximum absolute atomic E-state index is 12.1. The molecule has 0 N–H and O–H groups in total. The van der Waals surface area contributed by atoms with Crippen molar-refractivity contribution in [3.05, 3.63) is 89.0 Å². The van der Waals surface area contributed by atoms with E-state index in [1.165, 1.54) is 11.0 Å². The molecule has 3 rings (SSSR count). The minimum atomic E-state index is -0.454. The molecule has 2 aromatic rings. The van der Waals surface area contributed by atoms with E-state index in [4.69, 9.17) is 9.47 Å². The van der Waals surface area contributed by atoms with E-state index in [0.717, 1.165) is 28.7 Å². The second kappa shape index (κ2) is 9.04. The highest BCUT2D eigenvalue weighted by Gasteiger charge is 2.22. The Balaban J connectivity index is 1.78. The molecule has 0 aromatic heterocycles. The zero-order valence-electron chi connectivity index (χ0n) is 16.1. The molecule has 0 unspecified atom stereocenters. The van der Waals surface area contributed by atoms with E-state index >= 15 is 0 Å². The molecular formula is C23H23NO4. The number of allylic oxidation sites excluding steroid dienone is 2. The van der Waals surface area contributed by atoms with Crippen LogP contribution in [0.2, 0.25) is 0 Å². The van der Waals surface area contributed by atoms with Gasteiger partial charge in [-0.15, -0.1) is 0 Å². The summed E-state index contributed by atoms with van der Waals surface area (Å²) in [6.45, 7) is 0.217. The van der Waals surface area contributed by atoms with Gasteiger partial charge in [0, 0.05) is 25.7 Å². The summed E-state index contributed by atoms with van der Waals surface area (Å²) in [7, 11) is 3.27. The molecule has 0 saturated carbocycles. The monoisotopic (exact) mass is 377 g/mol. The SMILES string of the molecule is CN(C)C(=O)OC1=C(/C=C/C(=O)OCc2ccccc2)CCc2ccccc21. The molecule has 0 aliphatic heterocycles. The first-order valence-electron chi connectivity index (χ1n) is 9.14. The number of fused-ring (bicyclic) bond motifs is 1. The molecule has 0 heterocycles. The van der Waals surface area contributed by atoms with Crippen LogP contribution in [-0.2, 0) is 27.3 Å². The Morgan fingerprint density at radius 3 is 2.46 bits per heavy atom. The van der Waals surface area contributed by atoms with E-state index in [0.29, 0.717) is 12.2 Å². The average Bonchev–Trinajstić information content (AvgIpc) is 2.72. The second-order valence-corrected chi connectivity index (χ2v) is 6.70. The van der Waals surface area contributed by atoms with Gasteiger partial charge in [-0.25, -0.2) is 9.59 Å². The van der Waals surface area contributed by atoms with Crippen LogP contribution in [0.1, 0.15) is 23.1 Å². The van der Waals surface area contributed by atoms with Gasteiger partial charge in [-0.2, -0.15) is 0 Å². The minimum absolute atomic E-state index is 0.217. The first kappa shape index (κ1) is 19.4. The van der Waals surface area contributed by atoms with E-state index in [1.54, 1.807) is 20.2 Å². The molecule has 0 bridgehead atoms. The van der Waals surface area contributed by atoms with Gasteiger partial charge in [-0.1, -0.05) is 54.6 Å². The first-order valence-corrected chi connectivity index (χ1v) is 9.14. The molecule has 0 radical (unpaired) electrons. The van der Waals surface area contributed by atoms with Crippen LogP contribution < -0.4 is 0 Å². The highest BCUT2D eigenvalue weighted by molar-refractivity contribution is 5.85. The third-order valence-electron chi connectivity index (χ3n) is 4.42. The molecular weight excluding hydrogens is 354 g/mol. The molecule has 1 aliphatic carbocycles. The smallest absolute Gasteiger partial charge is 0.414 e. The predicted octanol–water partition coefficient (Wildman–Crippen LogP) is 4.34. The van der Waals surface area contributed by atoms with Crippen LogP contribution in [-0.4, -0.2) is 31.1 Å². The normalized spacial score (nSPS) is 13.2. The molecule has 28 heavy (non-hydrogen) atoms. The minimum Gasteiger partial charge on any atom is -0.458 e. The number of rotatable bonds is 5. The van der Waals surface area contributed by atoms with Crippen molar-refractivity contribution in [2.24, 2.45) is 0 Å². The van der Waals surface area contributed by atoms with Gasteiger partial charge in [-0.05, 0) is 35.6 Å². The number of esters is 1. The molecule has 0 spiro atoms. The number of ether oxygens (including phenoxy) is 2. The molecule has 5 heteroatoms. The van der Waals surface area contributed by atoms with Crippen LogP contribution >= 0.6 is 0 Å². The Labute approximate surface area is 164 Å². The number of nitrogens with zero attached hydrogens (tertiary/aromatic N) is 1. The zero-order chi connectivity index (χ0) is 19.9. The van der Waals surface area contributed by atoms with E-state index < -0.39 is 12.1 Å². The Hall–Kier alpha value is -3.34. The molecule has 0 fully saturated rings. The number of carbonyl (C=O) groups excluding carboxylic acids is 2. The fraction of sp³-hybridized carbons (Fsp3) is 0.217. The summed E-state index contributed by atoms with van der Waals surface area (Å²) in [6, 6.07) is 17.3. The van der Waals surface area contributed by atoms with Crippen LogP contribution in [0.15, 0.2) is 72.3 Å². The van der Waals surface area contributed by atoms with Gasteiger partial charge in [0.1, 0.15) is 12.4 Å². The lowest BCUT2D eigenvalue weighted by Crippen LogP contribution is -2.23. The molecule has 144 valence electrons. The lowest BCUT2D eigenvalue weighted by molar-refractivity contribution is -0.139. The average molecular weight is 377 g/mol. The number of carbonyl (C=O) groups is 2. The Bertz CT molecular complexity index is 913. The summed E-state index contributed by atoms with van der Waals surface area (Å²) < 4.78 is 10.9. The quantitative estimate of drug-likeness (QED) is 0.574. The standard InChI is InChI=1S/C23H23NO4/c1-24(2)23(26)28-22-19(13-12-18-10-6-7-11-20(18)22)14-15-21(25)27-16-17-8-4-3-5-9-17/h3-11,14-15H,12-13,16H2,1-2H3/b15-14+. The van der Waals surface area contributed by atoms with Gasteiger partial charge in [0.2, 0.25) is 0 Å². The second-order valence-electron chi connectivity index (χ2n) is 6.70. The maximum atomic E-state index is 12.1. The highest BCUT2D eigenvalue weighted by Crippen LogP contribution is 2.33. The Morgan fingerprint density at radius 2 is 1.71 bits per heavy atom. The fourth-order valence-electron chi connectivity index (χ4n) is 2.92. The number of aryl methyl sites for hydroxylation is 1. The predicted molar refractivity (Wildman–Crippen MR) is 107 cm³/mol. The number of hydrogen-bond donors (Lipinski definition) is 0. The van der Waals surface area contributed by atoms with Crippen LogP contribution in [0.25, 0.3) is 5.76 Å². The van der Waals surface area contributed by atoms with E-state index in [1.807, 2.05) is 54.6 Å². The van der Waals surface area contributed by atoms with Gasteiger partial charge in [0.05, 0.1) is 0 Å². The molecule has 1 aliphatic rings. The van der Waals surface area contributed by atoms with Crippen molar-refractivity contribution in [3.63, 3.8) is 0 Å². The summed E-state index contributed by atoms with van der Waals surface area (Å²) in [6.07, 6.45) is 4.11. The van der Waals surface area contributed by atoms with Crippen molar-refractivity contribution >= 4 is 17.8 Å². The molecule has 5 nitrogen and oxygen atoms in total. The summed E-state index contributed by atoms with van der Waals surface area (Å²) in [5.74, 6) is 0.0566. The van der Waals surface area contributed by atoms with Gasteiger partial charge < -0.3 is 14.4 Å². The van der Waals surface area contributed by atoms with Crippen molar-refractivity contribution in [1.82, 2.24) is 4.90 Å². The van der Waals surface area contributed by atoms with Crippen molar-refractivity contribution in [1.29, 1.82) is 0 Å². The van der Waals surface area contributed by atoms with Crippen LogP contribution in [0.4, 0.5) is 4.79 Å². The lowest BCUT2D eigenvalue weighted by atomic mass is 9.90. The first-order chi connectivity index (χ1) is 13.5. The molecule has 1 amide bonds. The third kappa shape index (κ3) is 4.88. The maximum Gasteiger partial charge on any atom is 0.414 e. The number of hydrogen-bond acceptors (Lipinski definition) is 4. The van der Waals surface area contributed by atoms with Crippen LogP contribution in [0.5, 0.6) is 0 Å². The largest absolute Gasteiger partial charge is 0.458 e. The third-order valence-corrected chi connectivity index (χ3v) is 4.42. The summed E-state index contributed by atoms with van der Waals surface area (Å²) in [5.41, 5.74) is 3.72. The lowest BCUT2D eigenvalue weighted by Gasteiger charge is -2.22. The van der Waals surface area contributed by atoms with Gasteiger partial charge in [0.25, 0.3) is 0 Å². The fourth-order valence-corrected chi connectivity index (χ4v) is 2.92. The van der Waals surface area contributed by atoms with Crippen molar-refractivity contribution in [2.45, 2.75) is 19.4 Å². The van der Waals surface area contributed by atoms with E-state index in [-0.39, 0.29) is 6.61 Å². The van der Waals surface area contributed by atoms with Crippen molar-refractivity contribution in [2.75, 3.05) is 14.1 Å². The van der Waals surface area contributed by atoms with Gasteiger partial charge in [0.15, 0.2) is 0 Å². The van der Waals surface area contributed by atoms with Gasteiger partial charge in [-0.3, -0.25) is 0 Å². The van der Waals surface area contributed by atoms with Gasteiger partial charge >= 0.3 is 12.1 Å². The highest BCUT2D eigenvalue weighted by atomic mass is 16.6. The molecule has 0 atom stereocenters. The van der Waals surface area contributed by atoms with Crippen LogP contribution in [0, 0.1) is 0 Å². The van der Waals surface area contributed by atoms with E-state index in [9.17, 15) is 9.59 Å². The van der Waals surface area contributed by atoms with E-state index in [2.05, 4.69) is 0 Å². The molecule has 2 aromatic carbocycles. The summed E-state index contributed by atoms with van der Waals surface area (Å²) >= 11 is 0. The summed E-state index contributed by atoms with van der Waals surface area (Å²) in [4.78, 5) is 25.6. The molecule has 0 saturated heterocycles. The summed E-state index contributed by atoms with van der Waals surface area (Å²) in [5, 5.41) is 0. The zero-order valence-corrected chi connectivity index (χ0v) is 16.1. The Morgan fingerprint density at radius 1 is 1.00 bits per heavy atom. The van der Waals surface area contributed by atoms with Crippen molar-refractivity contribution in [3.8, 4) is 0 Å². The topological polar surface area (TPSA) is 55.8 Å². The Kier molecular flexibility index (Phi) is 6.27. The van der Waals surface area contributed by atoms with Crippen LogP contribution in [0.3, 0.4) is 0 Å². The number of benzene rings is 2.